The zero-order valence-electron chi connectivity index (χ0n) is 13.6. The Morgan fingerprint density at radius 2 is 1.62 bits per heavy atom. The lowest BCUT2D eigenvalue weighted by Crippen LogP contribution is -2.23. The summed E-state index contributed by atoms with van der Waals surface area (Å²) >= 11 is 0. The molecule has 0 unspecified atom stereocenters. The smallest absolute Gasteiger partial charge is 0.285 e. The summed E-state index contributed by atoms with van der Waals surface area (Å²) < 4.78 is 6.67. The molecule has 1 heterocycles. The molecule has 0 N–H and O–H groups in total. The van der Waals surface area contributed by atoms with E-state index in [-0.39, 0.29) is 18.0 Å². The number of carbonyl (C=O) groups excluding carboxylic acids is 1. The van der Waals surface area contributed by atoms with Crippen LogP contribution in [-0.2, 0) is 6.54 Å². The maximum absolute atomic E-state index is 12.3. The number of Topliss-reactive ketones (excluding diaryl/α,β-unsaturated/α-hetero) is 1. The number of benzene rings is 2. The molecule has 0 aliphatic carbocycles. The highest BCUT2D eigenvalue weighted by Gasteiger charge is 2.12. The minimum Gasteiger partial charge on any atom is -0.457 e. The SMILES string of the molecule is O=C(Cn1cc([N+](=O)[O-])ccc1=O)c1ccc(Oc2ccccc2)cc1. The number of nitrogens with zero attached hydrogens (tertiary/aromatic N) is 2. The van der Waals surface area contributed by atoms with Crippen molar-refractivity contribution in [3.8, 4) is 11.5 Å². The molecule has 0 atom stereocenters. The largest absolute Gasteiger partial charge is 0.457 e. The van der Waals surface area contributed by atoms with Gasteiger partial charge < -0.3 is 9.30 Å². The van der Waals surface area contributed by atoms with Crippen molar-refractivity contribution in [1.82, 2.24) is 4.57 Å². The molecule has 0 aliphatic heterocycles. The Labute approximate surface area is 148 Å². The zero-order valence-corrected chi connectivity index (χ0v) is 13.6. The van der Waals surface area contributed by atoms with Crippen molar-refractivity contribution in [2.24, 2.45) is 0 Å². The summed E-state index contributed by atoms with van der Waals surface area (Å²) in [5.41, 5.74) is -0.346. The lowest BCUT2D eigenvalue weighted by molar-refractivity contribution is -0.385. The molecule has 0 radical (unpaired) electrons. The first-order valence-corrected chi connectivity index (χ1v) is 7.74. The maximum atomic E-state index is 12.3. The Balaban J connectivity index is 1.73. The highest BCUT2D eigenvalue weighted by Crippen LogP contribution is 2.21. The number of aromatic nitrogens is 1. The molecule has 0 saturated carbocycles. The highest BCUT2D eigenvalue weighted by molar-refractivity contribution is 5.96. The van der Waals surface area contributed by atoms with E-state index >= 15 is 0 Å². The van der Waals surface area contributed by atoms with Gasteiger partial charge in [-0.15, -0.1) is 0 Å². The molecule has 0 saturated heterocycles. The average molecular weight is 350 g/mol. The molecule has 0 amide bonds. The summed E-state index contributed by atoms with van der Waals surface area (Å²) in [5, 5.41) is 10.8. The summed E-state index contributed by atoms with van der Waals surface area (Å²) in [5.74, 6) is 0.911. The Hall–Kier alpha value is -3.74. The van der Waals surface area contributed by atoms with Crippen LogP contribution in [0.5, 0.6) is 11.5 Å². The fourth-order valence-corrected chi connectivity index (χ4v) is 2.33. The van der Waals surface area contributed by atoms with Crippen molar-refractivity contribution in [1.29, 1.82) is 0 Å². The first kappa shape index (κ1) is 17.1. The summed E-state index contributed by atoms with van der Waals surface area (Å²) in [6.45, 7) is -0.278. The van der Waals surface area contributed by atoms with E-state index in [0.717, 1.165) is 22.9 Å². The van der Waals surface area contributed by atoms with E-state index in [1.54, 1.807) is 24.3 Å². The van der Waals surface area contributed by atoms with Crippen molar-refractivity contribution in [2.75, 3.05) is 0 Å². The van der Waals surface area contributed by atoms with Crippen LogP contribution in [0.4, 0.5) is 5.69 Å². The molecule has 0 bridgehead atoms. The van der Waals surface area contributed by atoms with Crippen LogP contribution in [0.25, 0.3) is 0 Å². The predicted octanol–water partition coefficient (Wildman–Crippen LogP) is 3.43. The molecule has 0 aliphatic rings. The van der Waals surface area contributed by atoms with Crippen LogP contribution in [0.2, 0.25) is 0 Å². The van der Waals surface area contributed by atoms with Gasteiger partial charge in [0.1, 0.15) is 11.5 Å². The van der Waals surface area contributed by atoms with Crippen LogP contribution in [0, 0.1) is 10.1 Å². The number of hydrogen-bond acceptors (Lipinski definition) is 5. The van der Waals surface area contributed by atoms with E-state index in [0.29, 0.717) is 17.1 Å². The van der Waals surface area contributed by atoms with Crippen LogP contribution >= 0.6 is 0 Å². The first-order chi connectivity index (χ1) is 12.5. The predicted molar refractivity (Wildman–Crippen MR) is 94.6 cm³/mol. The summed E-state index contributed by atoms with van der Waals surface area (Å²) in [6.07, 6.45) is 1.06. The second kappa shape index (κ2) is 7.43. The van der Waals surface area contributed by atoms with E-state index in [4.69, 9.17) is 4.74 Å². The Kier molecular flexibility index (Phi) is 4.89. The second-order valence-electron chi connectivity index (χ2n) is 5.47. The zero-order chi connectivity index (χ0) is 18.5. The number of ether oxygens (including phenoxy) is 1. The number of carbonyl (C=O) groups is 1. The van der Waals surface area contributed by atoms with E-state index in [1.165, 1.54) is 0 Å². The summed E-state index contributed by atoms with van der Waals surface area (Å²) in [6, 6.07) is 17.9. The van der Waals surface area contributed by atoms with E-state index in [1.807, 2.05) is 30.3 Å². The number of nitro groups is 1. The van der Waals surface area contributed by atoms with E-state index in [2.05, 4.69) is 0 Å². The van der Waals surface area contributed by atoms with Crippen molar-refractivity contribution >= 4 is 11.5 Å². The van der Waals surface area contributed by atoms with Gasteiger partial charge in [0.2, 0.25) is 0 Å². The number of pyridine rings is 1. The normalized spacial score (nSPS) is 10.3. The van der Waals surface area contributed by atoms with E-state index < -0.39 is 10.5 Å². The molecule has 3 aromatic rings. The van der Waals surface area contributed by atoms with Crippen molar-refractivity contribution in [3.63, 3.8) is 0 Å². The Bertz CT molecular complexity index is 994. The Morgan fingerprint density at radius 3 is 2.27 bits per heavy atom. The van der Waals surface area contributed by atoms with Crippen LogP contribution < -0.4 is 10.3 Å². The van der Waals surface area contributed by atoms with Crippen LogP contribution in [0.3, 0.4) is 0 Å². The lowest BCUT2D eigenvalue weighted by atomic mass is 10.1. The highest BCUT2D eigenvalue weighted by atomic mass is 16.6. The molecular weight excluding hydrogens is 336 g/mol. The van der Waals surface area contributed by atoms with Crippen LogP contribution in [0.15, 0.2) is 77.7 Å². The third-order valence-electron chi connectivity index (χ3n) is 3.65. The van der Waals surface area contributed by atoms with Gasteiger partial charge in [-0.3, -0.25) is 19.7 Å². The lowest BCUT2D eigenvalue weighted by Gasteiger charge is -2.07. The van der Waals surface area contributed by atoms with Gasteiger partial charge in [-0.05, 0) is 36.4 Å². The molecule has 2 aromatic carbocycles. The van der Waals surface area contributed by atoms with Crippen LogP contribution in [-0.4, -0.2) is 15.3 Å². The molecule has 3 rings (SSSR count). The molecule has 26 heavy (non-hydrogen) atoms. The van der Waals surface area contributed by atoms with Gasteiger partial charge in [0, 0.05) is 17.7 Å². The second-order valence-corrected chi connectivity index (χ2v) is 5.47. The molecule has 1 aromatic heterocycles. The maximum Gasteiger partial charge on any atom is 0.285 e. The number of hydrogen-bond donors (Lipinski definition) is 0. The quantitative estimate of drug-likeness (QED) is 0.386. The fraction of sp³-hybridized carbons (Fsp3) is 0.0526. The van der Waals surface area contributed by atoms with Gasteiger partial charge in [0.15, 0.2) is 5.78 Å². The molecule has 0 spiro atoms. The monoisotopic (exact) mass is 350 g/mol. The third kappa shape index (κ3) is 4.02. The average Bonchev–Trinajstić information content (AvgIpc) is 2.64. The molecule has 7 heteroatoms. The van der Waals surface area contributed by atoms with Crippen molar-refractivity contribution < 1.29 is 14.5 Å². The number of para-hydroxylation sites is 1. The van der Waals surface area contributed by atoms with E-state index in [9.17, 15) is 19.7 Å². The van der Waals surface area contributed by atoms with Gasteiger partial charge in [-0.25, -0.2) is 0 Å². The standard InChI is InChI=1S/C19H14N2O5/c22-18(13-20-12-15(21(24)25)8-11-19(20)23)14-6-9-17(10-7-14)26-16-4-2-1-3-5-16/h1-12H,13H2. The minimum absolute atomic E-state index is 0.246. The van der Waals surface area contributed by atoms with Gasteiger partial charge in [-0.2, -0.15) is 0 Å². The van der Waals surface area contributed by atoms with Gasteiger partial charge >= 0.3 is 0 Å². The molecule has 0 fully saturated rings. The summed E-state index contributed by atoms with van der Waals surface area (Å²) in [7, 11) is 0. The third-order valence-corrected chi connectivity index (χ3v) is 3.65. The minimum atomic E-state index is -0.615. The van der Waals surface area contributed by atoms with Gasteiger partial charge in [0.05, 0.1) is 17.7 Å². The molecule has 130 valence electrons. The molecule has 7 nitrogen and oxygen atoms in total. The van der Waals surface area contributed by atoms with Crippen LogP contribution in [0.1, 0.15) is 10.4 Å². The topological polar surface area (TPSA) is 91.4 Å². The van der Waals surface area contributed by atoms with Gasteiger partial charge in [-0.1, -0.05) is 18.2 Å². The number of rotatable bonds is 6. The fourth-order valence-electron chi connectivity index (χ4n) is 2.33. The van der Waals surface area contributed by atoms with Gasteiger partial charge in [0.25, 0.3) is 11.2 Å². The van der Waals surface area contributed by atoms with Crippen molar-refractivity contribution in [3.05, 3.63) is 99.0 Å². The van der Waals surface area contributed by atoms with Crippen molar-refractivity contribution in [2.45, 2.75) is 6.54 Å². The first-order valence-electron chi connectivity index (χ1n) is 7.74. The summed E-state index contributed by atoms with van der Waals surface area (Å²) in [4.78, 5) is 34.3. The number of ketones is 1. The molecular formula is C19H14N2O5. The Morgan fingerprint density at radius 1 is 0.962 bits per heavy atom.